The van der Waals surface area contributed by atoms with E-state index in [0.29, 0.717) is 17.1 Å². The lowest BCUT2D eigenvalue weighted by Crippen LogP contribution is -2.44. The minimum Gasteiger partial charge on any atom is -0.493 e. The number of nitrogens with one attached hydrogen (secondary N) is 1. The van der Waals surface area contributed by atoms with E-state index in [1.165, 1.54) is 11.1 Å². The molecule has 0 unspecified atom stereocenters. The molecule has 1 aliphatic heterocycles. The fourth-order valence-corrected chi connectivity index (χ4v) is 4.39. The van der Waals surface area contributed by atoms with Crippen LogP contribution < -0.4 is 19.7 Å². The summed E-state index contributed by atoms with van der Waals surface area (Å²) < 4.78 is 10.7. The van der Waals surface area contributed by atoms with Crippen molar-refractivity contribution in [2.45, 2.75) is 39.3 Å². The Morgan fingerprint density at radius 2 is 1.59 bits per heavy atom. The molecule has 1 aliphatic rings. The van der Waals surface area contributed by atoms with E-state index < -0.39 is 0 Å². The number of hydrogen-bond acceptors (Lipinski definition) is 4. The summed E-state index contributed by atoms with van der Waals surface area (Å²) in [6.07, 6.45) is 0.809. The summed E-state index contributed by atoms with van der Waals surface area (Å²) in [7, 11) is 3.17. The Bertz CT molecular complexity index is 1120. The molecule has 1 N–H and O–H groups in total. The van der Waals surface area contributed by atoms with Crippen molar-refractivity contribution >= 4 is 17.3 Å². The minimum atomic E-state index is -0.0441. The number of fused-ring (bicyclic) bond motifs is 1. The summed E-state index contributed by atoms with van der Waals surface area (Å²) in [5, 5.41) is 3.68. The number of carbonyl (C=O) groups is 1. The molecule has 4 rings (SSSR count). The third-order valence-corrected chi connectivity index (χ3v) is 6.08. The van der Waals surface area contributed by atoms with Gasteiger partial charge in [-0.15, -0.1) is 0 Å². The topological polar surface area (TPSA) is 50.8 Å². The van der Waals surface area contributed by atoms with Gasteiger partial charge in [0.05, 0.1) is 20.3 Å². The van der Waals surface area contributed by atoms with E-state index in [0.717, 1.165) is 23.4 Å². The lowest BCUT2D eigenvalue weighted by molar-refractivity contribution is 0.0973. The molecule has 0 bridgehead atoms. The molecule has 3 aromatic rings. The predicted octanol–water partition coefficient (Wildman–Crippen LogP) is 5.91. The maximum Gasteiger partial charge on any atom is 0.258 e. The highest BCUT2D eigenvalue weighted by atomic mass is 16.5. The van der Waals surface area contributed by atoms with Gasteiger partial charge in [-0.3, -0.25) is 4.79 Å². The van der Waals surface area contributed by atoms with E-state index in [2.05, 4.69) is 68.6 Å². The Kier molecular flexibility index (Phi) is 6.08. The third kappa shape index (κ3) is 4.15. The summed E-state index contributed by atoms with van der Waals surface area (Å²) in [4.78, 5) is 15.5. The summed E-state index contributed by atoms with van der Waals surface area (Å²) >= 11 is 0. The zero-order valence-corrected chi connectivity index (χ0v) is 19.3. The molecule has 1 heterocycles. The standard InChI is InChI=1S/C27H30N2O3/c1-17-6-10-21(11-7-17)28-23-15-19(3)29(24-12-8-18(2)14-22(23)24)27(30)20-9-13-25(31-4)26(16-20)32-5/h6-14,16,19,23,28H,15H2,1-5H3/t19-,23+/m0/s1. The van der Waals surface area contributed by atoms with Crippen LogP contribution in [-0.2, 0) is 0 Å². The summed E-state index contributed by atoms with van der Waals surface area (Å²) in [5.41, 5.74) is 6.14. The van der Waals surface area contributed by atoms with Crippen LogP contribution in [0.5, 0.6) is 11.5 Å². The Morgan fingerprint density at radius 3 is 2.28 bits per heavy atom. The molecule has 0 saturated heterocycles. The molecule has 5 nitrogen and oxygen atoms in total. The predicted molar refractivity (Wildman–Crippen MR) is 129 cm³/mol. The number of carbonyl (C=O) groups excluding carboxylic acids is 1. The van der Waals surface area contributed by atoms with Crippen LogP contribution in [0.15, 0.2) is 60.7 Å². The highest BCUT2D eigenvalue weighted by Gasteiger charge is 2.34. The zero-order valence-electron chi connectivity index (χ0n) is 19.3. The first kappa shape index (κ1) is 21.8. The Morgan fingerprint density at radius 1 is 0.906 bits per heavy atom. The Hall–Kier alpha value is -3.47. The van der Waals surface area contributed by atoms with Gasteiger partial charge >= 0.3 is 0 Å². The molecular formula is C27H30N2O3. The smallest absolute Gasteiger partial charge is 0.258 e. The number of aryl methyl sites for hydroxylation is 2. The van der Waals surface area contributed by atoms with Crippen molar-refractivity contribution in [3.8, 4) is 11.5 Å². The van der Waals surface area contributed by atoms with Gasteiger partial charge in [-0.05, 0) is 69.2 Å². The SMILES string of the molecule is COc1ccc(C(=O)N2c3ccc(C)cc3[C@H](Nc3ccc(C)cc3)C[C@@H]2C)cc1OC. The normalized spacial score (nSPS) is 17.5. The summed E-state index contributed by atoms with van der Waals surface area (Å²) in [5.74, 6) is 1.11. The quantitative estimate of drug-likeness (QED) is 0.546. The number of benzene rings is 3. The Balaban J connectivity index is 1.70. The van der Waals surface area contributed by atoms with Crippen LogP contribution in [-0.4, -0.2) is 26.2 Å². The first-order valence-electron chi connectivity index (χ1n) is 10.9. The highest BCUT2D eigenvalue weighted by Crippen LogP contribution is 2.40. The molecule has 0 aliphatic carbocycles. The summed E-state index contributed by atoms with van der Waals surface area (Å²) in [6.45, 7) is 6.27. The second-order valence-electron chi connectivity index (χ2n) is 8.45. The van der Waals surface area contributed by atoms with Gasteiger partial charge in [-0.2, -0.15) is 0 Å². The van der Waals surface area contributed by atoms with Crippen LogP contribution in [0.2, 0.25) is 0 Å². The van der Waals surface area contributed by atoms with Crippen molar-refractivity contribution in [2.24, 2.45) is 0 Å². The minimum absolute atomic E-state index is 0.0220. The van der Waals surface area contributed by atoms with E-state index in [1.54, 1.807) is 32.4 Å². The highest BCUT2D eigenvalue weighted by molar-refractivity contribution is 6.07. The van der Waals surface area contributed by atoms with Gasteiger partial charge in [0.1, 0.15) is 0 Å². The zero-order chi connectivity index (χ0) is 22.8. The van der Waals surface area contributed by atoms with Gasteiger partial charge in [0.2, 0.25) is 0 Å². The van der Waals surface area contributed by atoms with E-state index in [1.807, 2.05) is 4.90 Å². The third-order valence-electron chi connectivity index (χ3n) is 6.08. The van der Waals surface area contributed by atoms with Crippen LogP contribution >= 0.6 is 0 Å². The van der Waals surface area contributed by atoms with E-state index in [-0.39, 0.29) is 18.0 Å². The van der Waals surface area contributed by atoms with Gasteiger partial charge in [-0.1, -0.05) is 35.4 Å². The largest absolute Gasteiger partial charge is 0.493 e. The van der Waals surface area contributed by atoms with Crippen LogP contribution in [0.3, 0.4) is 0 Å². The average molecular weight is 431 g/mol. The molecule has 1 amide bonds. The molecule has 0 radical (unpaired) electrons. The van der Waals surface area contributed by atoms with Crippen LogP contribution in [0.4, 0.5) is 11.4 Å². The molecule has 0 saturated carbocycles. The fraction of sp³-hybridized carbons (Fsp3) is 0.296. The number of ether oxygens (including phenoxy) is 2. The van der Waals surface area contributed by atoms with Crippen molar-refractivity contribution in [1.82, 2.24) is 0 Å². The molecule has 3 aromatic carbocycles. The number of methoxy groups -OCH3 is 2. The lowest BCUT2D eigenvalue weighted by Gasteiger charge is -2.40. The fourth-order valence-electron chi connectivity index (χ4n) is 4.39. The monoisotopic (exact) mass is 430 g/mol. The molecule has 0 spiro atoms. The first-order valence-corrected chi connectivity index (χ1v) is 10.9. The van der Waals surface area contributed by atoms with Gasteiger partial charge in [0.25, 0.3) is 5.91 Å². The van der Waals surface area contributed by atoms with Gasteiger partial charge in [-0.25, -0.2) is 0 Å². The number of anilines is 2. The van der Waals surface area contributed by atoms with E-state index >= 15 is 0 Å². The second-order valence-corrected chi connectivity index (χ2v) is 8.45. The number of nitrogens with zero attached hydrogens (tertiary/aromatic N) is 1. The van der Waals surface area contributed by atoms with Gasteiger partial charge < -0.3 is 19.7 Å². The molecule has 166 valence electrons. The van der Waals surface area contributed by atoms with Crippen molar-refractivity contribution in [3.05, 3.63) is 82.9 Å². The second kappa shape index (κ2) is 8.95. The maximum absolute atomic E-state index is 13.6. The van der Waals surface area contributed by atoms with Gasteiger partial charge in [0, 0.05) is 23.0 Å². The van der Waals surface area contributed by atoms with Crippen molar-refractivity contribution < 1.29 is 14.3 Å². The lowest BCUT2D eigenvalue weighted by atomic mass is 9.89. The number of rotatable bonds is 5. The number of amides is 1. The molecule has 0 aromatic heterocycles. The summed E-state index contributed by atoms with van der Waals surface area (Å²) in [6, 6.07) is 20.2. The van der Waals surface area contributed by atoms with Crippen LogP contribution in [0, 0.1) is 13.8 Å². The molecule has 0 fully saturated rings. The first-order chi connectivity index (χ1) is 15.4. The van der Waals surface area contributed by atoms with Crippen LogP contribution in [0.25, 0.3) is 0 Å². The number of hydrogen-bond donors (Lipinski definition) is 1. The average Bonchev–Trinajstić information content (AvgIpc) is 2.80. The van der Waals surface area contributed by atoms with Gasteiger partial charge in [0.15, 0.2) is 11.5 Å². The van der Waals surface area contributed by atoms with Crippen molar-refractivity contribution in [1.29, 1.82) is 0 Å². The van der Waals surface area contributed by atoms with E-state index in [9.17, 15) is 4.79 Å². The van der Waals surface area contributed by atoms with Crippen molar-refractivity contribution in [3.63, 3.8) is 0 Å². The van der Waals surface area contributed by atoms with Crippen molar-refractivity contribution in [2.75, 3.05) is 24.4 Å². The Labute approximate surface area is 190 Å². The molecule has 32 heavy (non-hydrogen) atoms. The maximum atomic E-state index is 13.6. The van der Waals surface area contributed by atoms with Crippen LogP contribution in [0.1, 0.15) is 46.4 Å². The molecular weight excluding hydrogens is 400 g/mol. The molecule has 5 heteroatoms. The van der Waals surface area contributed by atoms with E-state index in [4.69, 9.17) is 9.47 Å². The molecule has 2 atom stereocenters.